The molecule has 0 unspecified atom stereocenters. The van der Waals surface area contributed by atoms with Crippen molar-refractivity contribution in [1.29, 1.82) is 0 Å². The molecule has 1 saturated heterocycles. The summed E-state index contributed by atoms with van der Waals surface area (Å²) in [7, 11) is 0. The van der Waals surface area contributed by atoms with E-state index in [0.717, 1.165) is 34.8 Å². The van der Waals surface area contributed by atoms with Gasteiger partial charge in [-0.25, -0.2) is 9.78 Å². The summed E-state index contributed by atoms with van der Waals surface area (Å²) in [6.07, 6.45) is 4.69. The topological polar surface area (TPSA) is 97.3 Å². The largest absolute Gasteiger partial charge is 0.444 e. The van der Waals surface area contributed by atoms with Crippen molar-refractivity contribution >= 4 is 28.5 Å². The highest BCUT2D eigenvalue weighted by Crippen LogP contribution is 2.38. The lowest BCUT2D eigenvalue weighted by Gasteiger charge is -2.33. The minimum absolute atomic E-state index is 0.154. The Morgan fingerprint density at radius 2 is 1.86 bits per heavy atom. The number of rotatable bonds is 3. The van der Waals surface area contributed by atoms with Crippen molar-refractivity contribution in [2.24, 2.45) is 0 Å². The van der Waals surface area contributed by atoms with E-state index >= 15 is 0 Å². The first-order valence-electron chi connectivity index (χ1n) is 9.68. The molecule has 0 atom stereocenters. The van der Waals surface area contributed by atoms with Crippen LogP contribution in [0.2, 0.25) is 0 Å². The maximum Gasteiger partial charge on any atom is 0.410 e. The van der Waals surface area contributed by atoms with Gasteiger partial charge in [0.05, 0.1) is 16.3 Å². The van der Waals surface area contributed by atoms with Crippen LogP contribution in [-0.4, -0.2) is 50.5 Å². The number of anilines is 1. The molecule has 3 rings (SSSR count). The zero-order valence-electron chi connectivity index (χ0n) is 17.5. The molecule has 2 aromatic heterocycles. The third-order valence-corrected chi connectivity index (χ3v) is 5.63. The van der Waals surface area contributed by atoms with Gasteiger partial charge in [-0.05, 0) is 40.5 Å². The van der Waals surface area contributed by atoms with Crippen molar-refractivity contribution in [3.8, 4) is 10.6 Å². The zero-order valence-corrected chi connectivity index (χ0v) is 18.3. The second kappa shape index (κ2) is 8.44. The lowest BCUT2D eigenvalue weighted by Crippen LogP contribution is -2.41. The summed E-state index contributed by atoms with van der Waals surface area (Å²) in [5.74, 6) is 0.0438. The molecule has 0 saturated carbocycles. The van der Waals surface area contributed by atoms with E-state index in [2.05, 4.69) is 20.3 Å². The summed E-state index contributed by atoms with van der Waals surface area (Å²) in [4.78, 5) is 39.9. The molecule has 156 valence electrons. The smallest absolute Gasteiger partial charge is 0.410 e. The number of carbonyl (C=O) groups excluding carboxylic acids is 2. The van der Waals surface area contributed by atoms with Gasteiger partial charge in [-0.15, -0.1) is 0 Å². The predicted octanol–water partition coefficient (Wildman–Crippen LogP) is 3.98. The fourth-order valence-corrected chi connectivity index (χ4v) is 4.32. The maximum absolute atomic E-state index is 12.3. The molecule has 2 amide bonds. The van der Waals surface area contributed by atoms with Gasteiger partial charge in [0.2, 0.25) is 5.91 Å². The number of likely N-dealkylation sites (tertiary alicyclic amines) is 1. The third-order valence-electron chi connectivity index (χ3n) is 4.55. The molecule has 1 N–H and O–H groups in total. The van der Waals surface area contributed by atoms with Crippen LogP contribution >= 0.6 is 11.3 Å². The van der Waals surface area contributed by atoms with Crippen molar-refractivity contribution in [2.75, 3.05) is 18.4 Å². The van der Waals surface area contributed by atoms with Crippen LogP contribution in [0.4, 0.5) is 9.93 Å². The first-order chi connectivity index (χ1) is 13.6. The molecule has 1 aliphatic heterocycles. The lowest BCUT2D eigenvalue weighted by atomic mass is 9.91. The van der Waals surface area contributed by atoms with Gasteiger partial charge >= 0.3 is 6.09 Å². The molecule has 0 aliphatic carbocycles. The van der Waals surface area contributed by atoms with E-state index in [0.29, 0.717) is 18.2 Å². The molecular weight excluding hydrogens is 390 g/mol. The number of aromatic nitrogens is 3. The first-order valence-corrected chi connectivity index (χ1v) is 10.5. The molecular formula is C20H27N5O3S. The third kappa shape index (κ3) is 5.29. The van der Waals surface area contributed by atoms with Gasteiger partial charge in [-0.3, -0.25) is 14.8 Å². The molecule has 8 nitrogen and oxygen atoms in total. The molecule has 3 heterocycles. The fraction of sp³-hybridized carbons (Fsp3) is 0.550. The molecule has 2 aromatic rings. The van der Waals surface area contributed by atoms with Gasteiger partial charge in [-0.2, -0.15) is 0 Å². The molecule has 29 heavy (non-hydrogen) atoms. The van der Waals surface area contributed by atoms with Crippen LogP contribution in [0.3, 0.4) is 0 Å². The van der Waals surface area contributed by atoms with E-state index in [9.17, 15) is 9.59 Å². The summed E-state index contributed by atoms with van der Waals surface area (Å²) < 4.78 is 5.48. The normalized spacial score (nSPS) is 15.3. The summed E-state index contributed by atoms with van der Waals surface area (Å²) in [5.41, 5.74) is 2.03. The van der Waals surface area contributed by atoms with E-state index in [-0.39, 0.29) is 17.9 Å². The molecule has 1 fully saturated rings. The Balaban J connectivity index is 1.76. The van der Waals surface area contributed by atoms with Crippen LogP contribution in [0.25, 0.3) is 10.6 Å². The van der Waals surface area contributed by atoms with E-state index in [1.54, 1.807) is 17.3 Å². The number of carbonyl (C=O) groups is 2. The number of ether oxygens (including phenoxy) is 1. The van der Waals surface area contributed by atoms with Crippen LogP contribution in [0.5, 0.6) is 0 Å². The number of aryl methyl sites for hydroxylation is 1. The van der Waals surface area contributed by atoms with Gasteiger partial charge in [0.1, 0.15) is 11.3 Å². The molecule has 0 aromatic carbocycles. The Morgan fingerprint density at radius 3 is 2.48 bits per heavy atom. The Hall–Kier alpha value is -2.55. The second-order valence-corrected chi connectivity index (χ2v) is 9.15. The van der Waals surface area contributed by atoms with Crippen molar-refractivity contribution in [3.05, 3.63) is 23.8 Å². The Kier molecular flexibility index (Phi) is 6.16. The number of hydrogen-bond donors (Lipinski definition) is 1. The lowest BCUT2D eigenvalue weighted by molar-refractivity contribution is -0.114. The number of hydrogen-bond acceptors (Lipinski definition) is 7. The predicted molar refractivity (Wildman–Crippen MR) is 112 cm³/mol. The monoisotopic (exact) mass is 417 g/mol. The fourth-order valence-electron chi connectivity index (χ4n) is 3.30. The molecule has 1 aliphatic rings. The van der Waals surface area contributed by atoms with Crippen LogP contribution in [0, 0.1) is 6.92 Å². The van der Waals surface area contributed by atoms with Gasteiger partial charge in [0.25, 0.3) is 0 Å². The first kappa shape index (κ1) is 21.2. The number of nitrogens with one attached hydrogen (secondary N) is 1. The van der Waals surface area contributed by atoms with Crippen molar-refractivity contribution in [2.45, 2.75) is 59.0 Å². The highest BCUT2D eigenvalue weighted by molar-refractivity contribution is 7.19. The number of thiazole rings is 1. The molecule has 0 spiro atoms. The quantitative estimate of drug-likeness (QED) is 0.811. The van der Waals surface area contributed by atoms with Crippen molar-refractivity contribution in [1.82, 2.24) is 19.9 Å². The summed E-state index contributed by atoms with van der Waals surface area (Å²) in [6, 6.07) is 0. The average molecular weight is 418 g/mol. The van der Waals surface area contributed by atoms with E-state index in [1.165, 1.54) is 18.3 Å². The summed E-state index contributed by atoms with van der Waals surface area (Å²) >= 11 is 1.40. The zero-order chi connectivity index (χ0) is 21.2. The molecule has 9 heteroatoms. The van der Waals surface area contributed by atoms with Crippen LogP contribution in [-0.2, 0) is 9.53 Å². The van der Waals surface area contributed by atoms with Gasteiger partial charge in [-0.1, -0.05) is 11.3 Å². The van der Waals surface area contributed by atoms with E-state index in [4.69, 9.17) is 4.74 Å². The summed E-state index contributed by atoms with van der Waals surface area (Å²) in [6.45, 7) is 10.2. The summed E-state index contributed by atoms with van der Waals surface area (Å²) in [5, 5.41) is 3.29. The number of piperidine rings is 1. The highest BCUT2D eigenvalue weighted by Gasteiger charge is 2.30. The molecule has 0 radical (unpaired) electrons. The Labute approximate surface area is 174 Å². The van der Waals surface area contributed by atoms with Crippen molar-refractivity contribution in [3.63, 3.8) is 0 Å². The minimum Gasteiger partial charge on any atom is -0.444 e. The van der Waals surface area contributed by atoms with E-state index in [1.807, 2.05) is 27.7 Å². The Morgan fingerprint density at radius 1 is 1.21 bits per heavy atom. The van der Waals surface area contributed by atoms with Gasteiger partial charge in [0, 0.05) is 38.3 Å². The van der Waals surface area contributed by atoms with E-state index < -0.39 is 5.60 Å². The van der Waals surface area contributed by atoms with Crippen LogP contribution < -0.4 is 5.32 Å². The van der Waals surface area contributed by atoms with Crippen LogP contribution in [0.1, 0.15) is 57.8 Å². The highest BCUT2D eigenvalue weighted by atomic mass is 32.1. The van der Waals surface area contributed by atoms with Crippen LogP contribution in [0.15, 0.2) is 12.4 Å². The van der Waals surface area contributed by atoms with Crippen molar-refractivity contribution < 1.29 is 14.3 Å². The number of amides is 2. The maximum atomic E-state index is 12.3. The number of nitrogens with zero attached hydrogens (tertiary/aromatic N) is 4. The van der Waals surface area contributed by atoms with Gasteiger partial charge < -0.3 is 15.0 Å². The second-order valence-electron chi connectivity index (χ2n) is 8.15. The minimum atomic E-state index is -0.499. The standard InChI is InChI=1S/C20H27N5O3S/c1-12-17(29-18(23-12)24-13(2)26)16-15(21-8-9-22-16)14-6-10-25(11-7-14)19(27)28-20(3,4)5/h8-9,14H,6-7,10-11H2,1-5H3,(H,23,24,26). The molecule has 0 bridgehead atoms. The van der Waals surface area contributed by atoms with Gasteiger partial charge in [0.15, 0.2) is 5.13 Å². The average Bonchev–Trinajstić information content (AvgIpc) is 2.99. The SMILES string of the molecule is CC(=O)Nc1nc(C)c(-c2nccnc2C2CCN(C(=O)OC(C)(C)C)CC2)s1. The Bertz CT molecular complexity index is 898.